The van der Waals surface area contributed by atoms with Crippen LogP contribution in [-0.4, -0.2) is 30.9 Å². The summed E-state index contributed by atoms with van der Waals surface area (Å²) in [7, 11) is 1.49. The molecule has 110 valence electrons. The Balaban J connectivity index is 2.73. The highest BCUT2D eigenvalue weighted by molar-refractivity contribution is 5.94. The van der Waals surface area contributed by atoms with Crippen molar-refractivity contribution in [2.75, 3.05) is 13.7 Å². The smallest absolute Gasteiger partial charge is 0.258 e. The topological polar surface area (TPSA) is 64.6 Å². The largest absolute Gasteiger partial charge is 0.493 e. The van der Waals surface area contributed by atoms with Gasteiger partial charge < -0.3 is 14.8 Å². The molecule has 20 heavy (non-hydrogen) atoms. The van der Waals surface area contributed by atoms with E-state index in [4.69, 9.17) is 9.47 Å². The first kappa shape index (κ1) is 16.0. The van der Waals surface area contributed by atoms with Gasteiger partial charge in [0.2, 0.25) is 0 Å². The van der Waals surface area contributed by atoms with E-state index in [1.807, 2.05) is 20.8 Å². The Labute approximate surface area is 119 Å². The summed E-state index contributed by atoms with van der Waals surface area (Å²) in [4.78, 5) is 23.0. The molecule has 1 N–H and O–H groups in total. The molecule has 0 bridgehead atoms. The van der Waals surface area contributed by atoms with Crippen molar-refractivity contribution in [2.24, 2.45) is 0 Å². The summed E-state index contributed by atoms with van der Waals surface area (Å²) in [6.45, 7) is 7.06. The summed E-state index contributed by atoms with van der Waals surface area (Å²) in [5, 5.41) is 2.80. The summed E-state index contributed by atoms with van der Waals surface area (Å²) >= 11 is 0. The Morgan fingerprint density at radius 3 is 2.35 bits per heavy atom. The molecule has 0 saturated carbocycles. The van der Waals surface area contributed by atoms with Crippen molar-refractivity contribution in [1.29, 1.82) is 0 Å². The number of hydrogen-bond acceptors (Lipinski definition) is 4. The van der Waals surface area contributed by atoms with E-state index in [0.29, 0.717) is 17.1 Å². The van der Waals surface area contributed by atoms with Crippen molar-refractivity contribution in [1.82, 2.24) is 5.32 Å². The molecule has 5 nitrogen and oxygen atoms in total. The van der Waals surface area contributed by atoms with Crippen LogP contribution in [0.1, 0.15) is 38.1 Å². The first-order chi connectivity index (χ1) is 9.23. The molecule has 0 aromatic heterocycles. The normalized spacial score (nSPS) is 10.8. The van der Waals surface area contributed by atoms with E-state index < -0.39 is 0 Å². The maximum atomic E-state index is 11.7. The molecule has 0 heterocycles. The number of methoxy groups -OCH3 is 1. The number of carbonyl (C=O) groups excluding carboxylic acids is 2. The molecule has 0 aliphatic rings. The van der Waals surface area contributed by atoms with Crippen LogP contribution in [0.15, 0.2) is 18.2 Å². The molecule has 0 aliphatic carbocycles. The molecule has 0 radical (unpaired) electrons. The second-order valence-electron chi connectivity index (χ2n) is 5.51. The fourth-order valence-corrected chi connectivity index (χ4v) is 1.60. The Morgan fingerprint density at radius 2 is 1.85 bits per heavy atom. The van der Waals surface area contributed by atoms with Crippen molar-refractivity contribution in [2.45, 2.75) is 33.2 Å². The van der Waals surface area contributed by atoms with E-state index >= 15 is 0 Å². The van der Waals surface area contributed by atoms with E-state index in [-0.39, 0.29) is 23.8 Å². The lowest BCUT2D eigenvalue weighted by Gasteiger charge is -2.20. The number of Topliss-reactive ketones (excluding diaryl/α,β-unsaturated/α-hetero) is 1. The summed E-state index contributed by atoms with van der Waals surface area (Å²) < 4.78 is 10.6. The van der Waals surface area contributed by atoms with Gasteiger partial charge in [0.1, 0.15) is 0 Å². The SMILES string of the molecule is COc1cc(C(C)=O)ccc1OCC(=O)NC(C)(C)C. The third-order valence-electron chi connectivity index (χ3n) is 2.44. The predicted molar refractivity (Wildman–Crippen MR) is 76.4 cm³/mol. The molecule has 5 heteroatoms. The van der Waals surface area contributed by atoms with Crippen LogP contribution in [0.25, 0.3) is 0 Å². The molecular formula is C15H21NO4. The summed E-state index contributed by atoms with van der Waals surface area (Å²) in [5.74, 6) is 0.596. The monoisotopic (exact) mass is 279 g/mol. The lowest BCUT2D eigenvalue weighted by atomic mass is 10.1. The van der Waals surface area contributed by atoms with Gasteiger partial charge in [-0.3, -0.25) is 9.59 Å². The summed E-state index contributed by atoms with van der Waals surface area (Å²) in [6, 6.07) is 4.86. The van der Waals surface area contributed by atoms with Crippen molar-refractivity contribution < 1.29 is 19.1 Å². The fraction of sp³-hybridized carbons (Fsp3) is 0.467. The third-order valence-corrected chi connectivity index (χ3v) is 2.44. The van der Waals surface area contributed by atoms with Gasteiger partial charge in [0, 0.05) is 11.1 Å². The highest BCUT2D eigenvalue weighted by atomic mass is 16.5. The molecule has 0 spiro atoms. The molecule has 0 atom stereocenters. The fourth-order valence-electron chi connectivity index (χ4n) is 1.60. The van der Waals surface area contributed by atoms with Crippen LogP contribution in [0, 0.1) is 0 Å². The van der Waals surface area contributed by atoms with Crippen LogP contribution in [0.5, 0.6) is 11.5 Å². The second kappa shape index (κ2) is 6.41. The van der Waals surface area contributed by atoms with Crippen molar-refractivity contribution >= 4 is 11.7 Å². The van der Waals surface area contributed by atoms with Crippen LogP contribution in [0.3, 0.4) is 0 Å². The van der Waals surface area contributed by atoms with Gasteiger partial charge >= 0.3 is 0 Å². The Bertz CT molecular complexity index is 503. The number of hydrogen-bond donors (Lipinski definition) is 1. The quantitative estimate of drug-likeness (QED) is 0.839. The highest BCUT2D eigenvalue weighted by Crippen LogP contribution is 2.28. The summed E-state index contributed by atoms with van der Waals surface area (Å²) in [6.07, 6.45) is 0. The van der Waals surface area contributed by atoms with Gasteiger partial charge in [-0.2, -0.15) is 0 Å². The van der Waals surface area contributed by atoms with Gasteiger partial charge in [-0.15, -0.1) is 0 Å². The minimum atomic E-state index is -0.303. The molecule has 1 amide bonds. The zero-order valence-electron chi connectivity index (χ0n) is 12.6. The van der Waals surface area contributed by atoms with Gasteiger partial charge in [-0.05, 0) is 45.9 Å². The van der Waals surface area contributed by atoms with Gasteiger partial charge in [0.15, 0.2) is 23.9 Å². The number of rotatable bonds is 5. The highest BCUT2D eigenvalue weighted by Gasteiger charge is 2.15. The van der Waals surface area contributed by atoms with Crippen LogP contribution < -0.4 is 14.8 Å². The molecular weight excluding hydrogens is 258 g/mol. The predicted octanol–water partition coefficient (Wildman–Crippen LogP) is 2.19. The van der Waals surface area contributed by atoms with Crippen LogP contribution in [0.4, 0.5) is 0 Å². The molecule has 0 saturated heterocycles. The summed E-state index contributed by atoms with van der Waals surface area (Å²) in [5.41, 5.74) is 0.233. The van der Waals surface area contributed by atoms with Crippen molar-refractivity contribution in [3.05, 3.63) is 23.8 Å². The third kappa shape index (κ3) is 4.91. The van der Waals surface area contributed by atoms with Gasteiger partial charge in [0.05, 0.1) is 7.11 Å². The van der Waals surface area contributed by atoms with Gasteiger partial charge in [-0.25, -0.2) is 0 Å². The van der Waals surface area contributed by atoms with E-state index in [1.54, 1.807) is 18.2 Å². The van der Waals surface area contributed by atoms with Crippen LogP contribution >= 0.6 is 0 Å². The van der Waals surface area contributed by atoms with E-state index in [9.17, 15) is 9.59 Å². The minimum absolute atomic E-state index is 0.0553. The first-order valence-electron chi connectivity index (χ1n) is 6.36. The molecule has 1 aromatic carbocycles. The second-order valence-corrected chi connectivity index (χ2v) is 5.51. The van der Waals surface area contributed by atoms with Crippen molar-refractivity contribution in [3.8, 4) is 11.5 Å². The first-order valence-corrected chi connectivity index (χ1v) is 6.36. The zero-order chi connectivity index (χ0) is 15.3. The van der Waals surface area contributed by atoms with E-state index in [1.165, 1.54) is 14.0 Å². The van der Waals surface area contributed by atoms with Gasteiger partial charge in [0.25, 0.3) is 5.91 Å². The minimum Gasteiger partial charge on any atom is -0.493 e. The maximum Gasteiger partial charge on any atom is 0.258 e. The lowest BCUT2D eigenvalue weighted by molar-refractivity contribution is -0.124. The van der Waals surface area contributed by atoms with Crippen molar-refractivity contribution in [3.63, 3.8) is 0 Å². The molecule has 0 unspecified atom stereocenters. The lowest BCUT2D eigenvalue weighted by Crippen LogP contribution is -2.43. The number of amides is 1. The van der Waals surface area contributed by atoms with E-state index in [2.05, 4.69) is 5.32 Å². The van der Waals surface area contributed by atoms with E-state index in [0.717, 1.165) is 0 Å². The van der Waals surface area contributed by atoms with Gasteiger partial charge in [-0.1, -0.05) is 0 Å². The number of ether oxygens (including phenoxy) is 2. The molecule has 0 aliphatic heterocycles. The van der Waals surface area contributed by atoms with Crippen LogP contribution in [-0.2, 0) is 4.79 Å². The molecule has 0 fully saturated rings. The Kier molecular flexibility index (Phi) is 5.13. The number of carbonyl (C=O) groups is 2. The number of benzene rings is 1. The maximum absolute atomic E-state index is 11.7. The Hall–Kier alpha value is -2.04. The average molecular weight is 279 g/mol. The molecule has 1 aromatic rings. The standard InChI is InChI=1S/C15H21NO4/c1-10(17)11-6-7-12(13(8-11)19-5)20-9-14(18)16-15(2,3)4/h6-8H,9H2,1-5H3,(H,16,18). The number of ketones is 1. The average Bonchev–Trinajstić information content (AvgIpc) is 2.33. The Morgan fingerprint density at radius 1 is 1.20 bits per heavy atom. The zero-order valence-corrected chi connectivity index (χ0v) is 12.6. The van der Waals surface area contributed by atoms with Crippen LogP contribution in [0.2, 0.25) is 0 Å². The molecule has 1 rings (SSSR count). The number of nitrogens with one attached hydrogen (secondary N) is 1.